The molecule has 4 rings (SSSR count). The molecular weight excluding hydrogens is 404 g/mol. The summed E-state index contributed by atoms with van der Waals surface area (Å²) in [7, 11) is 0. The Morgan fingerprint density at radius 3 is 2.54 bits per heavy atom. The second-order valence-corrected chi connectivity index (χ2v) is 7.27. The number of nitrogens with two attached hydrogens (primary N) is 1. The summed E-state index contributed by atoms with van der Waals surface area (Å²) in [6, 6.07) is 9.19. The van der Waals surface area contributed by atoms with Crippen LogP contribution in [0.1, 0.15) is 12.8 Å². The van der Waals surface area contributed by atoms with Gasteiger partial charge in [0, 0.05) is 35.6 Å². The van der Waals surface area contributed by atoms with Crippen LogP contribution in [0.4, 0.5) is 11.4 Å². The van der Waals surface area contributed by atoms with Crippen molar-refractivity contribution in [1.82, 2.24) is 0 Å². The number of nitrogen functional groups attached to an aromatic ring is 1. The van der Waals surface area contributed by atoms with Gasteiger partial charge in [-0.15, -0.1) is 24.2 Å². The molecule has 0 aromatic heterocycles. The fraction of sp³-hybridized carbons (Fsp3) is 0.316. The molecule has 0 spiro atoms. The van der Waals surface area contributed by atoms with Crippen molar-refractivity contribution in [3.63, 3.8) is 0 Å². The fourth-order valence-electron chi connectivity index (χ4n) is 2.77. The molecule has 0 saturated heterocycles. The molecule has 150 valence electrons. The predicted octanol–water partition coefficient (Wildman–Crippen LogP) is 3.70. The van der Waals surface area contributed by atoms with E-state index in [1.54, 1.807) is 23.9 Å². The van der Waals surface area contributed by atoms with Crippen molar-refractivity contribution >= 4 is 41.5 Å². The van der Waals surface area contributed by atoms with E-state index < -0.39 is 0 Å². The van der Waals surface area contributed by atoms with Gasteiger partial charge in [-0.1, -0.05) is 0 Å². The molecule has 28 heavy (non-hydrogen) atoms. The molecule has 2 aromatic carbocycles. The van der Waals surface area contributed by atoms with Crippen molar-refractivity contribution in [2.24, 2.45) is 0 Å². The van der Waals surface area contributed by atoms with Crippen molar-refractivity contribution in [2.75, 3.05) is 36.8 Å². The third kappa shape index (κ3) is 4.69. The van der Waals surface area contributed by atoms with Gasteiger partial charge in [0.05, 0.1) is 24.6 Å². The van der Waals surface area contributed by atoms with E-state index in [0.29, 0.717) is 48.3 Å². The number of thioether (sulfide) groups is 1. The van der Waals surface area contributed by atoms with Gasteiger partial charge in [-0.3, -0.25) is 4.79 Å². The Morgan fingerprint density at radius 2 is 1.71 bits per heavy atom. The lowest BCUT2D eigenvalue weighted by atomic mass is 10.2. The molecule has 2 aromatic rings. The fourth-order valence-corrected chi connectivity index (χ4v) is 3.65. The average molecular weight is 425 g/mol. The molecular formula is C19H21ClN2O5S. The topological polar surface area (TPSA) is 92.0 Å². The number of amides is 1. The highest BCUT2D eigenvalue weighted by molar-refractivity contribution is 7.99. The molecule has 0 aliphatic carbocycles. The monoisotopic (exact) mass is 424 g/mol. The van der Waals surface area contributed by atoms with Gasteiger partial charge in [0.25, 0.3) is 0 Å². The molecule has 2 heterocycles. The van der Waals surface area contributed by atoms with Crippen LogP contribution in [0.2, 0.25) is 0 Å². The number of nitrogens with one attached hydrogen (secondary N) is 1. The van der Waals surface area contributed by atoms with E-state index in [0.717, 1.165) is 22.8 Å². The van der Waals surface area contributed by atoms with E-state index in [1.807, 2.05) is 18.2 Å². The highest BCUT2D eigenvalue weighted by atomic mass is 35.5. The lowest BCUT2D eigenvalue weighted by molar-refractivity contribution is -0.115. The quantitative estimate of drug-likeness (QED) is 0.558. The van der Waals surface area contributed by atoms with Crippen LogP contribution in [0, 0.1) is 0 Å². The van der Waals surface area contributed by atoms with Crippen LogP contribution in [0.15, 0.2) is 35.2 Å². The molecule has 1 amide bonds. The molecule has 0 saturated carbocycles. The largest absolute Gasteiger partial charge is 0.490 e. The number of hydrogen-bond acceptors (Lipinski definition) is 7. The normalized spacial score (nSPS) is 14.0. The molecule has 2 aliphatic rings. The molecule has 0 unspecified atom stereocenters. The van der Waals surface area contributed by atoms with Crippen LogP contribution < -0.4 is 30.0 Å². The number of hydrogen-bond donors (Lipinski definition) is 2. The highest BCUT2D eigenvalue weighted by Gasteiger charge is 2.17. The Balaban J connectivity index is 0.00000225. The van der Waals surface area contributed by atoms with Crippen LogP contribution in [0.3, 0.4) is 0 Å². The van der Waals surface area contributed by atoms with Crippen molar-refractivity contribution < 1.29 is 23.7 Å². The molecule has 0 fully saturated rings. The van der Waals surface area contributed by atoms with Gasteiger partial charge in [-0.25, -0.2) is 0 Å². The van der Waals surface area contributed by atoms with Gasteiger partial charge in [0.2, 0.25) is 12.7 Å². The summed E-state index contributed by atoms with van der Waals surface area (Å²) in [6.07, 6.45) is 1.23. The molecule has 3 N–H and O–H groups in total. The number of anilines is 2. The number of rotatable bonds is 5. The Kier molecular flexibility index (Phi) is 6.64. The first kappa shape index (κ1) is 20.3. The summed E-state index contributed by atoms with van der Waals surface area (Å²) in [5, 5.41) is 2.83. The van der Waals surface area contributed by atoms with Crippen LogP contribution in [-0.4, -0.2) is 31.7 Å². The zero-order valence-corrected chi connectivity index (χ0v) is 16.7. The number of carbonyl (C=O) groups is 1. The number of ether oxygens (including phenoxy) is 4. The van der Waals surface area contributed by atoms with Gasteiger partial charge in [0.1, 0.15) is 0 Å². The van der Waals surface area contributed by atoms with Crippen molar-refractivity contribution in [3.05, 3.63) is 30.3 Å². The molecule has 0 atom stereocenters. The minimum absolute atomic E-state index is 0. The zero-order chi connectivity index (χ0) is 18.6. The second-order valence-electron chi connectivity index (χ2n) is 6.10. The Labute approximate surface area is 173 Å². The molecule has 2 aliphatic heterocycles. The van der Waals surface area contributed by atoms with Crippen LogP contribution >= 0.6 is 24.2 Å². The standard InChI is InChI=1S/C19H20N2O5S.ClH/c20-13-9-17-18(26-11-25-17)10-14(13)21-19(22)4-7-27-12-2-3-15-16(8-12)24-6-1-5-23-15;/h2-3,8-10H,1,4-7,11,20H2,(H,21,22);1H. The lowest BCUT2D eigenvalue weighted by Gasteiger charge is -2.10. The first-order valence-electron chi connectivity index (χ1n) is 8.70. The van der Waals surface area contributed by atoms with E-state index in [2.05, 4.69) is 5.32 Å². The van der Waals surface area contributed by atoms with Gasteiger partial charge in [-0.2, -0.15) is 0 Å². The SMILES string of the molecule is Cl.Nc1cc2c(cc1NC(=O)CCSc1ccc3c(c1)OCCCO3)OCO2. The van der Waals surface area contributed by atoms with Gasteiger partial charge >= 0.3 is 0 Å². The summed E-state index contributed by atoms with van der Waals surface area (Å²) in [4.78, 5) is 13.3. The summed E-state index contributed by atoms with van der Waals surface area (Å²) in [5.41, 5.74) is 6.94. The van der Waals surface area contributed by atoms with Crippen molar-refractivity contribution in [1.29, 1.82) is 0 Å². The Hall–Kier alpha value is -2.45. The maximum absolute atomic E-state index is 12.2. The summed E-state index contributed by atoms with van der Waals surface area (Å²) in [6.45, 7) is 1.49. The van der Waals surface area contributed by atoms with E-state index in [-0.39, 0.29) is 25.1 Å². The van der Waals surface area contributed by atoms with Gasteiger partial charge < -0.3 is 30.0 Å². The lowest BCUT2D eigenvalue weighted by Crippen LogP contribution is -2.13. The zero-order valence-electron chi connectivity index (χ0n) is 15.1. The first-order chi connectivity index (χ1) is 13.2. The maximum Gasteiger partial charge on any atom is 0.231 e. The first-order valence-corrected chi connectivity index (χ1v) is 9.69. The molecule has 7 nitrogen and oxygen atoms in total. The van der Waals surface area contributed by atoms with Crippen LogP contribution in [0.5, 0.6) is 23.0 Å². The summed E-state index contributed by atoms with van der Waals surface area (Å²) in [5.74, 6) is 3.23. The molecule has 0 radical (unpaired) electrons. The second kappa shape index (κ2) is 9.16. The summed E-state index contributed by atoms with van der Waals surface area (Å²) < 4.78 is 21.9. The van der Waals surface area contributed by atoms with Crippen LogP contribution in [-0.2, 0) is 4.79 Å². The van der Waals surface area contributed by atoms with E-state index in [1.165, 1.54) is 0 Å². The van der Waals surface area contributed by atoms with Crippen molar-refractivity contribution in [3.8, 4) is 23.0 Å². The third-order valence-corrected chi connectivity index (χ3v) is 5.13. The Bertz CT molecular complexity index is 864. The highest BCUT2D eigenvalue weighted by Crippen LogP contribution is 2.38. The minimum Gasteiger partial charge on any atom is -0.490 e. The smallest absolute Gasteiger partial charge is 0.231 e. The average Bonchev–Trinajstić information content (AvgIpc) is 2.97. The number of halogens is 1. The van der Waals surface area contributed by atoms with Gasteiger partial charge in [-0.05, 0) is 18.2 Å². The van der Waals surface area contributed by atoms with E-state index in [4.69, 9.17) is 24.7 Å². The maximum atomic E-state index is 12.2. The minimum atomic E-state index is -0.109. The number of benzene rings is 2. The molecule has 0 bridgehead atoms. The number of carbonyl (C=O) groups excluding carboxylic acids is 1. The number of fused-ring (bicyclic) bond motifs is 2. The Morgan fingerprint density at radius 1 is 1.00 bits per heavy atom. The van der Waals surface area contributed by atoms with E-state index >= 15 is 0 Å². The third-order valence-electron chi connectivity index (χ3n) is 4.14. The van der Waals surface area contributed by atoms with E-state index in [9.17, 15) is 4.79 Å². The van der Waals surface area contributed by atoms with Crippen LogP contribution in [0.25, 0.3) is 0 Å². The van der Waals surface area contributed by atoms with Gasteiger partial charge in [0.15, 0.2) is 23.0 Å². The van der Waals surface area contributed by atoms with Crippen molar-refractivity contribution in [2.45, 2.75) is 17.7 Å². The molecule has 9 heteroatoms. The summed E-state index contributed by atoms with van der Waals surface area (Å²) >= 11 is 1.59. The predicted molar refractivity (Wildman–Crippen MR) is 110 cm³/mol.